The van der Waals surface area contributed by atoms with Crippen molar-refractivity contribution in [2.45, 2.75) is 32.1 Å². The monoisotopic (exact) mass is 489 g/mol. The van der Waals surface area contributed by atoms with Gasteiger partial charge in [0, 0.05) is 34.1 Å². The lowest BCUT2D eigenvalue weighted by atomic mass is 9.95. The Bertz CT molecular complexity index is 1230. The molecule has 2 aliphatic rings. The molecule has 3 aromatic carbocycles. The Hall–Kier alpha value is -2.96. The summed E-state index contributed by atoms with van der Waals surface area (Å²) in [5.41, 5.74) is 1.04. The molecular weight excluding hydrogens is 458 g/mol. The van der Waals surface area contributed by atoms with Gasteiger partial charge in [-0.25, -0.2) is 0 Å². The van der Waals surface area contributed by atoms with Crippen LogP contribution in [0.4, 0.5) is 0 Å². The van der Waals surface area contributed by atoms with Gasteiger partial charge in [-0.3, -0.25) is 9.69 Å². The van der Waals surface area contributed by atoms with Crippen molar-refractivity contribution in [1.82, 2.24) is 4.90 Å². The molecule has 2 aliphatic heterocycles. The molecule has 1 N–H and O–H groups in total. The number of hydrogen-bond donors (Lipinski definition) is 1. The maximum absolute atomic E-state index is 11.9. The molecule has 0 radical (unpaired) electrons. The number of nitrogens with zero attached hydrogens (tertiary/aromatic N) is 1. The third kappa shape index (κ3) is 5.65. The first-order valence-electron chi connectivity index (χ1n) is 12.3. The number of Topliss-reactive ketones (excluding diaryl/α,β-unsaturated/α-hetero) is 1. The summed E-state index contributed by atoms with van der Waals surface area (Å²) < 4.78 is 12.4. The molecule has 0 bridgehead atoms. The van der Waals surface area contributed by atoms with E-state index in [1.165, 1.54) is 32.4 Å². The number of aromatic hydroxyl groups is 1. The van der Waals surface area contributed by atoms with E-state index < -0.39 is 0 Å². The van der Waals surface area contributed by atoms with E-state index in [0.29, 0.717) is 6.61 Å². The van der Waals surface area contributed by atoms with Crippen molar-refractivity contribution in [3.8, 4) is 23.0 Å². The van der Waals surface area contributed by atoms with E-state index in [4.69, 9.17) is 9.47 Å². The van der Waals surface area contributed by atoms with Gasteiger partial charge in [-0.1, -0.05) is 24.6 Å². The van der Waals surface area contributed by atoms with Gasteiger partial charge in [-0.05, 0) is 80.7 Å². The summed E-state index contributed by atoms with van der Waals surface area (Å²) in [6.45, 7) is 5.59. The van der Waals surface area contributed by atoms with Gasteiger partial charge in [-0.2, -0.15) is 0 Å². The number of allylic oxidation sites excluding steroid dienone is 2. The molecule has 3 aromatic rings. The van der Waals surface area contributed by atoms with Crippen LogP contribution < -0.4 is 9.47 Å². The molecule has 0 aromatic heterocycles. The number of piperidine rings is 1. The first-order chi connectivity index (χ1) is 17.1. The maximum atomic E-state index is 11.9. The van der Waals surface area contributed by atoms with Crippen LogP contribution in [0.25, 0.3) is 10.8 Å². The van der Waals surface area contributed by atoms with Crippen molar-refractivity contribution in [2.75, 3.05) is 32.0 Å². The Kier molecular flexibility index (Phi) is 7.30. The van der Waals surface area contributed by atoms with E-state index in [1.807, 2.05) is 48.5 Å². The molecular formula is C29H31NO4S. The van der Waals surface area contributed by atoms with E-state index in [-0.39, 0.29) is 17.5 Å². The first-order valence-corrected chi connectivity index (χ1v) is 13.3. The molecule has 0 aliphatic carbocycles. The van der Waals surface area contributed by atoms with Gasteiger partial charge in [0.15, 0.2) is 5.78 Å². The fourth-order valence-electron chi connectivity index (χ4n) is 4.77. The summed E-state index contributed by atoms with van der Waals surface area (Å²) in [5, 5.41) is 11.8. The summed E-state index contributed by atoms with van der Waals surface area (Å²) in [6.07, 6.45) is 5.95. The van der Waals surface area contributed by atoms with Crippen molar-refractivity contribution in [1.29, 1.82) is 0 Å². The number of phenols is 1. The highest BCUT2D eigenvalue weighted by atomic mass is 32.2. The van der Waals surface area contributed by atoms with Gasteiger partial charge in [0.2, 0.25) is 0 Å². The van der Waals surface area contributed by atoms with Crippen LogP contribution in [0.2, 0.25) is 0 Å². The minimum Gasteiger partial charge on any atom is -0.508 e. The van der Waals surface area contributed by atoms with Gasteiger partial charge >= 0.3 is 0 Å². The fraction of sp³-hybridized carbons (Fsp3) is 0.345. The molecule has 1 fully saturated rings. The highest BCUT2D eigenvalue weighted by Crippen LogP contribution is 2.44. The molecule has 35 heavy (non-hydrogen) atoms. The zero-order chi connectivity index (χ0) is 24.2. The average Bonchev–Trinajstić information content (AvgIpc) is 3.36. The predicted molar refractivity (Wildman–Crippen MR) is 142 cm³/mol. The minimum atomic E-state index is 0.0875. The predicted octanol–water partition coefficient (Wildman–Crippen LogP) is 6.51. The van der Waals surface area contributed by atoms with Crippen LogP contribution in [-0.4, -0.2) is 47.8 Å². The molecule has 6 heteroatoms. The zero-order valence-electron chi connectivity index (χ0n) is 20.0. The quantitative estimate of drug-likeness (QED) is 0.389. The standard InChI is InChI=1S/C29H31NO4S/c1-20(31)28-18-22(19-35-28)27-11-5-21-17-23(32)6-12-26(21)29(27)34-25-9-7-24(8-10-25)33-16-15-30-13-3-2-4-14-30/h5-12,17-18,22,32H,2-4,13-16,19H2,1H3. The normalized spacial score (nSPS) is 18.4. The Labute approximate surface area is 210 Å². The summed E-state index contributed by atoms with van der Waals surface area (Å²) in [5.74, 6) is 3.52. The molecule has 1 unspecified atom stereocenters. The summed E-state index contributed by atoms with van der Waals surface area (Å²) in [4.78, 5) is 15.2. The van der Waals surface area contributed by atoms with Crippen molar-refractivity contribution in [2.24, 2.45) is 0 Å². The number of hydrogen-bond acceptors (Lipinski definition) is 6. The topological polar surface area (TPSA) is 59.0 Å². The smallest absolute Gasteiger partial charge is 0.165 e. The van der Waals surface area contributed by atoms with Crippen molar-refractivity contribution in [3.63, 3.8) is 0 Å². The van der Waals surface area contributed by atoms with Crippen LogP contribution in [0.5, 0.6) is 23.0 Å². The molecule has 0 amide bonds. The van der Waals surface area contributed by atoms with Gasteiger partial charge in [0.25, 0.3) is 0 Å². The lowest BCUT2D eigenvalue weighted by Gasteiger charge is -2.26. The number of rotatable bonds is 8. The highest BCUT2D eigenvalue weighted by Gasteiger charge is 2.25. The fourth-order valence-corrected chi connectivity index (χ4v) is 5.86. The van der Waals surface area contributed by atoms with Crippen LogP contribution >= 0.6 is 11.8 Å². The molecule has 5 nitrogen and oxygen atoms in total. The Balaban J connectivity index is 1.35. The number of phenolic OH excluding ortho intramolecular Hbond substituents is 1. The number of carbonyl (C=O) groups excluding carboxylic acids is 1. The van der Waals surface area contributed by atoms with Crippen molar-refractivity contribution in [3.05, 3.63) is 71.1 Å². The first kappa shape index (κ1) is 23.8. The molecule has 0 spiro atoms. The van der Waals surface area contributed by atoms with Crippen LogP contribution in [0.3, 0.4) is 0 Å². The van der Waals surface area contributed by atoms with Gasteiger partial charge in [0.1, 0.15) is 29.6 Å². The third-order valence-corrected chi connectivity index (χ3v) is 7.93. The number of ether oxygens (including phenoxy) is 2. The lowest BCUT2D eigenvalue weighted by Crippen LogP contribution is -2.33. The Morgan fingerprint density at radius 2 is 1.80 bits per heavy atom. The lowest BCUT2D eigenvalue weighted by molar-refractivity contribution is -0.112. The van der Waals surface area contributed by atoms with Gasteiger partial charge in [-0.15, -0.1) is 11.8 Å². The van der Waals surface area contributed by atoms with Crippen LogP contribution in [0, 0.1) is 0 Å². The van der Waals surface area contributed by atoms with E-state index >= 15 is 0 Å². The zero-order valence-corrected chi connectivity index (χ0v) is 20.9. The highest BCUT2D eigenvalue weighted by molar-refractivity contribution is 8.04. The second-order valence-electron chi connectivity index (χ2n) is 9.22. The largest absolute Gasteiger partial charge is 0.508 e. The summed E-state index contributed by atoms with van der Waals surface area (Å²) in [7, 11) is 0. The maximum Gasteiger partial charge on any atom is 0.165 e. The molecule has 1 atom stereocenters. The van der Waals surface area contributed by atoms with E-state index in [9.17, 15) is 9.90 Å². The van der Waals surface area contributed by atoms with Crippen LogP contribution in [0.1, 0.15) is 37.7 Å². The van der Waals surface area contributed by atoms with E-state index in [2.05, 4.69) is 4.90 Å². The SMILES string of the molecule is CC(=O)C1=CC(c2ccc3cc(O)ccc3c2Oc2ccc(OCCN3CCCCC3)cc2)CS1. The number of carbonyl (C=O) groups is 1. The molecule has 2 heterocycles. The minimum absolute atomic E-state index is 0.0875. The van der Waals surface area contributed by atoms with E-state index in [0.717, 1.165) is 50.8 Å². The molecule has 1 saturated heterocycles. The number of ketones is 1. The van der Waals surface area contributed by atoms with Gasteiger partial charge < -0.3 is 14.6 Å². The van der Waals surface area contributed by atoms with Gasteiger partial charge in [0.05, 0.1) is 0 Å². The second kappa shape index (κ2) is 10.8. The summed E-state index contributed by atoms with van der Waals surface area (Å²) >= 11 is 1.59. The molecule has 5 rings (SSSR count). The second-order valence-corrected chi connectivity index (χ2v) is 10.3. The van der Waals surface area contributed by atoms with Crippen molar-refractivity contribution >= 4 is 28.3 Å². The van der Waals surface area contributed by atoms with E-state index in [1.54, 1.807) is 30.8 Å². The third-order valence-electron chi connectivity index (χ3n) is 6.67. The summed E-state index contributed by atoms with van der Waals surface area (Å²) in [6, 6.07) is 17.1. The number of benzene rings is 3. The number of likely N-dealkylation sites (tertiary alicyclic amines) is 1. The molecule has 182 valence electrons. The number of fused-ring (bicyclic) bond motifs is 1. The molecule has 0 saturated carbocycles. The van der Waals surface area contributed by atoms with Crippen molar-refractivity contribution < 1.29 is 19.4 Å². The Morgan fingerprint density at radius 3 is 2.54 bits per heavy atom. The Morgan fingerprint density at radius 1 is 1.03 bits per heavy atom. The number of thioether (sulfide) groups is 1. The van der Waals surface area contributed by atoms with Crippen LogP contribution in [0.15, 0.2) is 65.6 Å². The average molecular weight is 490 g/mol. The van der Waals surface area contributed by atoms with Crippen LogP contribution in [-0.2, 0) is 4.79 Å².